The zero-order chi connectivity index (χ0) is 13.0. The van der Waals surface area contributed by atoms with E-state index in [2.05, 4.69) is 11.1 Å². The second-order valence-corrected chi connectivity index (χ2v) is 4.70. The van der Waals surface area contributed by atoms with Crippen molar-refractivity contribution in [3.8, 4) is 11.8 Å². The van der Waals surface area contributed by atoms with Gasteiger partial charge in [0.1, 0.15) is 16.8 Å². The smallest absolute Gasteiger partial charge is 0.132 e. The van der Waals surface area contributed by atoms with Gasteiger partial charge in [-0.1, -0.05) is 23.9 Å². The van der Waals surface area contributed by atoms with Gasteiger partial charge in [0.15, 0.2) is 0 Å². The van der Waals surface area contributed by atoms with Gasteiger partial charge in [0.05, 0.1) is 17.6 Å². The van der Waals surface area contributed by atoms with Gasteiger partial charge in [-0.15, -0.1) is 0 Å². The lowest BCUT2D eigenvalue weighted by atomic mass is 10.3. The number of aryl methyl sites for hydroxylation is 1. The number of methoxy groups -OCH3 is 1. The van der Waals surface area contributed by atoms with E-state index in [1.165, 1.54) is 11.8 Å². The predicted octanol–water partition coefficient (Wildman–Crippen LogP) is 3.42. The average Bonchev–Trinajstić information content (AvgIpc) is 2.40. The number of benzene rings is 1. The third kappa shape index (κ3) is 2.63. The topological polar surface area (TPSA) is 45.9 Å². The number of hydrogen-bond acceptors (Lipinski definition) is 4. The summed E-state index contributed by atoms with van der Waals surface area (Å²) < 4.78 is 5.29. The van der Waals surface area contributed by atoms with Crippen molar-refractivity contribution >= 4 is 11.8 Å². The van der Waals surface area contributed by atoms with Crippen LogP contribution < -0.4 is 4.74 Å². The number of ether oxygens (including phenoxy) is 1. The van der Waals surface area contributed by atoms with Gasteiger partial charge in [0.25, 0.3) is 0 Å². The molecular formula is C14H12N2OS. The molecule has 4 heteroatoms. The second kappa shape index (κ2) is 5.56. The molecule has 0 aliphatic rings. The Labute approximate surface area is 110 Å². The van der Waals surface area contributed by atoms with Crippen LogP contribution in [0, 0.1) is 18.3 Å². The van der Waals surface area contributed by atoms with Crippen LogP contribution in [0.4, 0.5) is 0 Å². The minimum Gasteiger partial charge on any atom is -0.496 e. The third-order valence-electron chi connectivity index (χ3n) is 2.40. The van der Waals surface area contributed by atoms with E-state index < -0.39 is 0 Å². The van der Waals surface area contributed by atoms with Crippen molar-refractivity contribution in [3.05, 3.63) is 47.7 Å². The highest BCUT2D eigenvalue weighted by Crippen LogP contribution is 2.35. The summed E-state index contributed by atoms with van der Waals surface area (Å²) in [4.78, 5) is 5.35. The summed E-state index contributed by atoms with van der Waals surface area (Å²) in [6.45, 7) is 1.91. The molecule has 1 aromatic heterocycles. The molecule has 0 fully saturated rings. The summed E-state index contributed by atoms with van der Waals surface area (Å²) in [5.74, 6) is 0.787. The van der Waals surface area contributed by atoms with Crippen LogP contribution in [0.15, 0.2) is 46.3 Å². The molecule has 0 saturated heterocycles. The summed E-state index contributed by atoms with van der Waals surface area (Å²) >= 11 is 1.45. The maximum absolute atomic E-state index is 9.08. The highest BCUT2D eigenvalue weighted by Gasteiger charge is 2.09. The molecule has 1 aromatic carbocycles. The quantitative estimate of drug-likeness (QED) is 0.844. The fraction of sp³-hybridized carbons (Fsp3) is 0.143. The van der Waals surface area contributed by atoms with Gasteiger partial charge in [0.2, 0.25) is 0 Å². The average molecular weight is 256 g/mol. The number of para-hydroxylation sites is 1. The molecule has 2 rings (SSSR count). The Bertz CT molecular complexity index is 605. The molecule has 18 heavy (non-hydrogen) atoms. The molecule has 0 bridgehead atoms. The summed E-state index contributed by atoms with van der Waals surface area (Å²) in [6, 6.07) is 13.5. The Morgan fingerprint density at radius 1 is 1.22 bits per heavy atom. The second-order valence-electron chi connectivity index (χ2n) is 3.67. The zero-order valence-corrected chi connectivity index (χ0v) is 11.0. The normalized spacial score (nSPS) is 9.83. The van der Waals surface area contributed by atoms with Gasteiger partial charge in [0, 0.05) is 5.69 Å². The van der Waals surface area contributed by atoms with Crippen LogP contribution in [0.5, 0.6) is 5.75 Å². The fourth-order valence-electron chi connectivity index (χ4n) is 1.50. The molecule has 0 amide bonds. The molecule has 0 N–H and O–H groups in total. The lowest BCUT2D eigenvalue weighted by molar-refractivity contribution is 0.405. The van der Waals surface area contributed by atoms with E-state index in [0.29, 0.717) is 10.6 Å². The molecule has 0 saturated carbocycles. The van der Waals surface area contributed by atoms with E-state index in [4.69, 9.17) is 10.00 Å². The van der Waals surface area contributed by atoms with E-state index >= 15 is 0 Å². The number of aromatic nitrogens is 1. The lowest BCUT2D eigenvalue weighted by Gasteiger charge is -2.08. The third-order valence-corrected chi connectivity index (χ3v) is 3.46. The Hall–Kier alpha value is -1.99. The van der Waals surface area contributed by atoms with Crippen LogP contribution in [0.2, 0.25) is 0 Å². The standard InChI is InChI=1S/C14H12N2OS/c1-10-7-8-11(9-15)14(16-10)18-13-6-4-3-5-12(13)17-2/h3-8H,1-2H3. The van der Waals surface area contributed by atoms with Gasteiger partial charge in [-0.2, -0.15) is 5.26 Å². The fourth-order valence-corrected chi connectivity index (χ4v) is 2.52. The first-order valence-electron chi connectivity index (χ1n) is 5.43. The Morgan fingerprint density at radius 2 is 2.00 bits per heavy atom. The van der Waals surface area contributed by atoms with Crippen molar-refractivity contribution in [1.29, 1.82) is 5.26 Å². The van der Waals surface area contributed by atoms with Crippen molar-refractivity contribution < 1.29 is 4.74 Å². The van der Waals surface area contributed by atoms with Gasteiger partial charge >= 0.3 is 0 Å². The summed E-state index contributed by atoms with van der Waals surface area (Å²) in [5.41, 5.74) is 1.47. The van der Waals surface area contributed by atoms with Crippen LogP contribution in [0.3, 0.4) is 0 Å². The number of rotatable bonds is 3. The number of hydrogen-bond donors (Lipinski definition) is 0. The molecule has 0 aliphatic heterocycles. The van der Waals surface area contributed by atoms with Crippen LogP contribution in [-0.2, 0) is 0 Å². The Morgan fingerprint density at radius 3 is 2.72 bits per heavy atom. The molecule has 90 valence electrons. The molecule has 0 atom stereocenters. The van der Waals surface area contributed by atoms with E-state index in [9.17, 15) is 0 Å². The van der Waals surface area contributed by atoms with Gasteiger partial charge in [-0.05, 0) is 31.2 Å². The summed E-state index contributed by atoms with van der Waals surface area (Å²) in [7, 11) is 1.63. The first-order chi connectivity index (χ1) is 8.74. The minimum absolute atomic E-state index is 0.580. The van der Waals surface area contributed by atoms with E-state index in [1.54, 1.807) is 13.2 Å². The number of nitrogens with zero attached hydrogens (tertiary/aromatic N) is 2. The van der Waals surface area contributed by atoms with Crippen molar-refractivity contribution in [2.45, 2.75) is 16.8 Å². The Kier molecular flexibility index (Phi) is 3.85. The molecule has 3 nitrogen and oxygen atoms in total. The van der Waals surface area contributed by atoms with Gasteiger partial charge < -0.3 is 4.74 Å². The SMILES string of the molecule is COc1ccccc1Sc1nc(C)ccc1C#N. The van der Waals surface area contributed by atoms with E-state index in [1.807, 2.05) is 37.3 Å². The summed E-state index contributed by atoms with van der Waals surface area (Å²) in [5, 5.41) is 9.79. The first kappa shape index (κ1) is 12.5. The molecule has 1 heterocycles. The maximum atomic E-state index is 9.08. The lowest BCUT2D eigenvalue weighted by Crippen LogP contribution is -1.91. The van der Waals surface area contributed by atoms with Gasteiger partial charge in [-0.25, -0.2) is 4.98 Å². The number of pyridine rings is 1. The van der Waals surface area contributed by atoms with Crippen LogP contribution in [-0.4, -0.2) is 12.1 Å². The van der Waals surface area contributed by atoms with Crippen molar-refractivity contribution in [1.82, 2.24) is 4.98 Å². The molecule has 0 aliphatic carbocycles. The van der Waals surface area contributed by atoms with Crippen LogP contribution in [0.25, 0.3) is 0 Å². The highest BCUT2D eigenvalue weighted by molar-refractivity contribution is 7.99. The zero-order valence-electron chi connectivity index (χ0n) is 10.2. The maximum Gasteiger partial charge on any atom is 0.132 e. The highest BCUT2D eigenvalue weighted by atomic mass is 32.2. The monoisotopic (exact) mass is 256 g/mol. The van der Waals surface area contributed by atoms with Gasteiger partial charge in [-0.3, -0.25) is 0 Å². The first-order valence-corrected chi connectivity index (χ1v) is 6.25. The van der Waals surface area contributed by atoms with E-state index in [-0.39, 0.29) is 0 Å². The largest absolute Gasteiger partial charge is 0.496 e. The van der Waals surface area contributed by atoms with Crippen molar-refractivity contribution in [3.63, 3.8) is 0 Å². The van der Waals surface area contributed by atoms with Crippen molar-refractivity contribution in [2.24, 2.45) is 0 Å². The predicted molar refractivity (Wildman–Crippen MR) is 70.8 cm³/mol. The minimum atomic E-state index is 0.580. The molecule has 0 spiro atoms. The molecule has 0 unspecified atom stereocenters. The van der Waals surface area contributed by atoms with Crippen LogP contribution in [0.1, 0.15) is 11.3 Å². The number of nitriles is 1. The Balaban J connectivity index is 2.40. The molecule has 0 radical (unpaired) electrons. The van der Waals surface area contributed by atoms with Crippen molar-refractivity contribution in [2.75, 3.05) is 7.11 Å². The summed E-state index contributed by atoms with van der Waals surface area (Å²) in [6.07, 6.45) is 0. The molecule has 2 aromatic rings. The van der Waals surface area contributed by atoms with E-state index in [0.717, 1.165) is 16.3 Å². The van der Waals surface area contributed by atoms with Crippen LogP contribution >= 0.6 is 11.8 Å². The molecular weight excluding hydrogens is 244 g/mol.